The average molecular weight is 370 g/mol. The minimum Gasteiger partial charge on any atom is -0.507 e. The molecular formula is C23H30O4. The smallest absolute Gasteiger partial charge is 0.339 e. The van der Waals surface area contributed by atoms with E-state index in [0.717, 1.165) is 25.7 Å². The van der Waals surface area contributed by atoms with Gasteiger partial charge in [0.2, 0.25) is 0 Å². The van der Waals surface area contributed by atoms with Crippen LogP contribution in [0, 0.1) is 0 Å². The number of esters is 1. The molecule has 1 aromatic carbocycles. The molecule has 27 heavy (non-hydrogen) atoms. The second kappa shape index (κ2) is 9.45. The molecule has 1 aliphatic rings. The molecule has 0 spiro atoms. The van der Waals surface area contributed by atoms with Crippen LogP contribution in [0.3, 0.4) is 0 Å². The summed E-state index contributed by atoms with van der Waals surface area (Å²) >= 11 is 0. The monoisotopic (exact) mass is 370 g/mol. The van der Waals surface area contributed by atoms with Gasteiger partial charge in [0.05, 0.1) is 5.56 Å². The Kier molecular flexibility index (Phi) is 7.28. The van der Waals surface area contributed by atoms with Crippen LogP contribution in [0.4, 0.5) is 0 Å². The third-order valence-electron chi connectivity index (χ3n) is 4.83. The summed E-state index contributed by atoms with van der Waals surface area (Å²) in [6.07, 6.45) is 11.1. The summed E-state index contributed by atoms with van der Waals surface area (Å²) in [6.45, 7) is 8.53. The summed E-state index contributed by atoms with van der Waals surface area (Å²) < 4.78 is 4.92. The van der Waals surface area contributed by atoms with Crippen LogP contribution in [-0.2, 0) is 17.8 Å². The SMILES string of the molecule is CC(C)=CCC/C(C)=C/CC/C(C)=C/Cc1c(O)cc2c(c1O)COC2=O. The van der Waals surface area contributed by atoms with Crippen molar-refractivity contribution in [1.29, 1.82) is 0 Å². The highest BCUT2D eigenvalue weighted by Crippen LogP contribution is 2.38. The van der Waals surface area contributed by atoms with E-state index in [1.54, 1.807) is 0 Å². The number of benzene rings is 1. The highest BCUT2D eigenvalue weighted by Gasteiger charge is 2.27. The van der Waals surface area contributed by atoms with Gasteiger partial charge < -0.3 is 14.9 Å². The maximum atomic E-state index is 11.6. The van der Waals surface area contributed by atoms with Gasteiger partial charge in [-0.2, -0.15) is 0 Å². The van der Waals surface area contributed by atoms with E-state index in [1.807, 2.05) is 6.08 Å². The molecule has 0 radical (unpaired) electrons. The molecule has 0 bridgehead atoms. The largest absolute Gasteiger partial charge is 0.507 e. The topological polar surface area (TPSA) is 66.8 Å². The number of ether oxygens (including phenoxy) is 1. The van der Waals surface area contributed by atoms with Gasteiger partial charge in [0, 0.05) is 11.1 Å². The Hall–Kier alpha value is -2.49. The predicted molar refractivity (Wildman–Crippen MR) is 108 cm³/mol. The van der Waals surface area contributed by atoms with Gasteiger partial charge in [-0.05, 0) is 65.9 Å². The Labute approximate surface area is 161 Å². The van der Waals surface area contributed by atoms with E-state index in [1.165, 1.54) is 22.8 Å². The Bertz CT molecular complexity index is 793. The van der Waals surface area contributed by atoms with Crippen molar-refractivity contribution in [2.24, 2.45) is 0 Å². The summed E-state index contributed by atoms with van der Waals surface area (Å²) in [7, 11) is 0. The summed E-state index contributed by atoms with van der Waals surface area (Å²) in [5, 5.41) is 20.5. The van der Waals surface area contributed by atoms with Crippen LogP contribution in [0.5, 0.6) is 11.5 Å². The number of phenols is 2. The van der Waals surface area contributed by atoms with Crippen LogP contribution in [-0.4, -0.2) is 16.2 Å². The second-order valence-electron chi connectivity index (χ2n) is 7.49. The molecule has 4 heteroatoms. The number of hydrogen-bond donors (Lipinski definition) is 2. The number of rotatable bonds is 8. The molecule has 0 saturated heterocycles. The maximum Gasteiger partial charge on any atom is 0.339 e. The lowest BCUT2D eigenvalue weighted by Crippen LogP contribution is -1.96. The van der Waals surface area contributed by atoms with Gasteiger partial charge in [-0.15, -0.1) is 0 Å². The minimum atomic E-state index is -0.499. The zero-order valence-corrected chi connectivity index (χ0v) is 16.8. The fourth-order valence-electron chi connectivity index (χ4n) is 3.10. The molecule has 0 aromatic heterocycles. The molecule has 0 amide bonds. The fourth-order valence-corrected chi connectivity index (χ4v) is 3.10. The third-order valence-corrected chi connectivity index (χ3v) is 4.83. The van der Waals surface area contributed by atoms with Gasteiger partial charge in [-0.1, -0.05) is 34.9 Å². The molecule has 0 saturated carbocycles. The summed E-state index contributed by atoms with van der Waals surface area (Å²) in [6, 6.07) is 1.39. The van der Waals surface area contributed by atoms with Gasteiger partial charge in [-0.3, -0.25) is 0 Å². The molecule has 1 aromatic rings. The van der Waals surface area contributed by atoms with Crippen molar-refractivity contribution in [2.75, 3.05) is 0 Å². The van der Waals surface area contributed by atoms with Gasteiger partial charge in [0.15, 0.2) is 0 Å². The van der Waals surface area contributed by atoms with Crippen LogP contribution in [0.15, 0.2) is 41.0 Å². The number of cyclic esters (lactones) is 1. The maximum absolute atomic E-state index is 11.6. The van der Waals surface area contributed by atoms with E-state index in [9.17, 15) is 15.0 Å². The van der Waals surface area contributed by atoms with Crippen molar-refractivity contribution in [2.45, 2.75) is 66.4 Å². The van der Waals surface area contributed by atoms with Crippen molar-refractivity contribution in [3.8, 4) is 11.5 Å². The molecule has 4 nitrogen and oxygen atoms in total. The Balaban J connectivity index is 1.93. The lowest BCUT2D eigenvalue weighted by atomic mass is 9.99. The summed E-state index contributed by atoms with van der Waals surface area (Å²) in [5.74, 6) is -0.598. The van der Waals surface area contributed by atoms with Crippen molar-refractivity contribution >= 4 is 5.97 Å². The summed E-state index contributed by atoms with van der Waals surface area (Å²) in [4.78, 5) is 11.6. The van der Waals surface area contributed by atoms with Crippen molar-refractivity contribution < 1.29 is 19.7 Å². The van der Waals surface area contributed by atoms with E-state index in [-0.39, 0.29) is 23.7 Å². The van der Waals surface area contributed by atoms with Gasteiger partial charge in [0.1, 0.15) is 18.1 Å². The summed E-state index contributed by atoms with van der Waals surface area (Å²) in [5.41, 5.74) is 5.13. The number of allylic oxidation sites excluding steroid dienone is 6. The van der Waals surface area contributed by atoms with E-state index in [4.69, 9.17) is 4.74 Å². The van der Waals surface area contributed by atoms with Gasteiger partial charge in [0.25, 0.3) is 0 Å². The van der Waals surface area contributed by atoms with E-state index in [0.29, 0.717) is 17.5 Å². The van der Waals surface area contributed by atoms with Gasteiger partial charge >= 0.3 is 5.97 Å². The van der Waals surface area contributed by atoms with Crippen LogP contribution < -0.4 is 0 Å². The van der Waals surface area contributed by atoms with Crippen LogP contribution in [0.1, 0.15) is 74.9 Å². The van der Waals surface area contributed by atoms with Crippen molar-refractivity contribution in [1.82, 2.24) is 0 Å². The molecule has 1 aliphatic heterocycles. The first-order valence-electron chi connectivity index (χ1n) is 9.48. The van der Waals surface area contributed by atoms with Crippen LogP contribution in [0.25, 0.3) is 0 Å². The van der Waals surface area contributed by atoms with E-state index in [2.05, 4.69) is 39.8 Å². The highest BCUT2D eigenvalue weighted by atomic mass is 16.5. The number of phenolic OH excluding ortho intramolecular Hbond substituents is 2. The molecule has 0 atom stereocenters. The minimum absolute atomic E-state index is 0.0325. The molecule has 2 N–H and O–H groups in total. The fraction of sp³-hybridized carbons (Fsp3) is 0.435. The Morgan fingerprint density at radius 1 is 1.04 bits per heavy atom. The number of aromatic hydroxyl groups is 2. The third kappa shape index (κ3) is 5.75. The molecule has 0 aliphatic carbocycles. The Morgan fingerprint density at radius 3 is 2.33 bits per heavy atom. The zero-order chi connectivity index (χ0) is 20.0. The predicted octanol–water partition coefficient (Wildman–Crippen LogP) is 5.73. The van der Waals surface area contributed by atoms with Gasteiger partial charge in [-0.25, -0.2) is 4.79 Å². The van der Waals surface area contributed by atoms with Crippen molar-refractivity contribution in [3.05, 3.63) is 57.7 Å². The Morgan fingerprint density at radius 2 is 1.67 bits per heavy atom. The number of fused-ring (bicyclic) bond motifs is 1. The van der Waals surface area contributed by atoms with Crippen molar-refractivity contribution in [3.63, 3.8) is 0 Å². The molecule has 0 fully saturated rings. The van der Waals surface area contributed by atoms with Crippen LogP contribution >= 0.6 is 0 Å². The first kappa shape index (κ1) is 20.8. The lowest BCUT2D eigenvalue weighted by molar-refractivity contribution is 0.0534. The van der Waals surface area contributed by atoms with Crippen LogP contribution in [0.2, 0.25) is 0 Å². The first-order valence-corrected chi connectivity index (χ1v) is 9.48. The second-order valence-corrected chi connectivity index (χ2v) is 7.49. The molecular weight excluding hydrogens is 340 g/mol. The van der Waals surface area contributed by atoms with E-state index >= 15 is 0 Å². The molecule has 0 unspecified atom stereocenters. The average Bonchev–Trinajstić information content (AvgIpc) is 2.95. The highest BCUT2D eigenvalue weighted by molar-refractivity contribution is 5.95. The number of carbonyl (C=O) groups excluding carboxylic acids is 1. The van der Waals surface area contributed by atoms with E-state index < -0.39 is 5.97 Å². The zero-order valence-electron chi connectivity index (χ0n) is 16.8. The lowest BCUT2D eigenvalue weighted by Gasteiger charge is -2.09. The standard InChI is InChI=1S/C23H30O4/c1-15(2)7-5-8-16(3)9-6-10-17(4)11-12-18-21(24)13-19-20(22(18)25)14-27-23(19)26/h7,9,11,13,24-25H,5-6,8,10,12,14H2,1-4H3/b16-9+,17-11+. The normalized spacial score (nSPS) is 14.1. The molecule has 2 rings (SSSR count). The first-order chi connectivity index (χ1) is 12.8. The molecule has 1 heterocycles. The number of carbonyl (C=O) groups is 1. The number of hydrogen-bond acceptors (Lipinski definition) is 4. The molecule has 146 valence electrons. The quantitative estimate of drug-likeness (QED) is 0.453.